The number of aryl methyl sites for hydroxylation is 2. The molecule has 5 nitrogen and oxygen atoms in total. The average molecular weight is 399 g/mol. The lowest BCUT2D eigenvalue weighted by atomic mass is 9.87. The zero-order chi connectivity index (χ0) is 20.7. The van der Waals surface area contributed by atoms with Crippen LogP contribution in [0.15, 0.2) is 67.1 Å². The van der Waals surface area contributed by atoms with Crippen molar-refractivity contribution in [3.63, 3.8) is 0 Å². The fourth-order valence-corrected chi connectivity index (χ4v) is 5.07. The number of aromatic nitrogens is 2. The van der Waals surface area contributed by atoms with Gasteiger partial charge in [0.2, 0.25) is 0 Å². The molecule has 0 aliphatic carbocycles. The van der Waals surface area contributed by atoms with Gasteiger partial charge in [0.15, 0.2) is 0 Å². The minimum Gasteiger partial charge on any atom is -0.355 e. The maximum atomic E-state index is 13.5. The van der Waals surface area contributed by atoms with Crippen molar-refractivity contribution in [3.05, 3.63) is 89.4 Å². The van der Waals surface area contributed by atoms with E-state index in [4.69, 9.17) is 0 Å². The highest BCUT2D eigenvalue weighted by atomic mass is 16.2. The molecule has 1 amide bonds. The van der Waals surface area contributed by atoms with Gasteiger partial charge in [-0.25, -0.2) is 4.98 Å². The van der Waals surface area contributed by atoms with E-state index in [1.54, 1.807) is 12.4 Å². The Kier molecular flexibility index (Phi) is 4.74. The third-order valence-corrected chi connectivity index (χ3v) is 6.60. The van der Waals surface area contributed by atoms with E-state index in [0.717, 1.165) is 31.0 Å². The highest BCUT2D eigenvalue weighted by Gasteiger charge is 2.49. The van der Waals surface area contributed by atoms with Crippen LogP contribution in [0.3, 0.4) is 0 Å². The zero-order valence-corrected chi connectivity index (χ0v) is 17.4. The van der Waals surface area contributed by atoms with Gasteiger partial charge >= 0.3 is 0 Å². The van der Waals surface area contributed by atoms with E-state index in [2.05, 4.69) is 51.0 Å². The summed E-state index contributed by atoms with van der Waals surface area (Å²) in [5.41, 5.74) is 4.43. The number of likely N-dealkylation sites (tertiary alicyclic amines) is 1. The molecule has 0 spiro atoms. The number of nitrogens with zero attached hydrogens (tertiary/aromatic N) is 4. The second-order valence-electron chi connectivity index (χ2n) is 8.52. The van der Waals surface area contributed by atoms with E-state index in [-0.39, 0.29) is 11.9 Å². The van der Waals surface area contributed by atoms with Gasteiger partial charge < -0.3 is 9.80 Å². The lowest BCUT2D eigenvalue weighted by Crippen LogP contribution is -2.36. The van der Waals surface area contributed by atoms with Gasteiger partial charge in [0.05, 0.1) is 12.2 Å². The molecule has 30 heavy (non-hydrogen) atoms. The Morgan fingerprint density at radius 3 is 2.50 bits per heavy atom. The molecule has 3 heterocycles. The summed E-state index contributed by atoms with van der Waals surface area (Å²) in [6.07, 6.45) is 5.28. The first-order chi connectivity index (χ1) is 14.6. The molecule has 2 aliphatic rings. The van der Waals surface area contributed by atoms with Crippen molar-refractivity contribution < 1.29 is 4.79 Å². The van der Waals surface area contributed by atoms with Crippen LogP contribution in [-0.2, 0) is 0 Å². The molecule has 3 atom stereocenters. The smallest absolute Gasteiger partial charge is 0.254 e. The predicted octanol–water partition coefficient (Wildman–Crippen LogP) is 4.04. The second-order valence-corrected chi connectivity index (χ2v) is 8.52. The molecular formula is C25H26N4O. The second kappa shape index (κ2) is 7.56. The van der Waals surface area contributed by atoms with Gasteiger partial charge in [-0.1, -0.05) is 42.0 Å². The summed E-state index contributed by atoms with van der Waals surface area (Å²) < 4.78 is 0. The molecule has 0 unspecified atom stereocenters. The van der Waals surface area contributed by atoms with Crippen LogP contribution in [0.5, 0.6) is 0 Å². The van der Waals surface area contributed by atoms with E-state index < -0.39 is 0 Å². The lowest BCUT2D eigenvalue weighted by molar-refractivity contribution is 0.0715. The summed E-state index contributed by atoms with van der Waals surface area (Å²) in [6.45, 7) is 6.76. The molecule has 1 aromatic heterocycles. The van der Waals surface area contributed by atoms with Crippen LogP contribution in [0, 0.1) is 25.7 Å². The van der Waals surface area contributed by atoms with E-state index in [0.29, 0.717) is 11.8 Å². The van der Waals surface area contributed by atoms with Crippen LogP contribution >= 0.6 is 0 Å². The topological polar surface area (TPSA) is 49.3 Å². The third-order valence-electron chi connectivity index (χ3n) is 6.60. The third kappa shape index (κ3) is 3.24. The highest BCUT2D eigenvalue weighted by molar-refractivity contribution is 5.95. The molecule has 0 bridgehead atoms. The Labute approximate surface area is 177 Å². The number of fused-ring (bicyclic) bond motifs is 1. The number of hydrogen-bond donors (Lipinski definition) is 0. The molecule has 2 aliphatic heterocycles. The molecule has 3 aromatic rings. The lowest BCUT2D eigenvalue weighted by Gasteiger charge is -2.31. The molecule has 2 aromatic carbocycles. The van der Waals surface area contributed by atoms with Crippen molar-refractivity contribution in [2.24, 2.45) is 11.8 Å². The molecule has 2 saturated heterocycles. The number of anilines is 1. The Morgan fingerprint density at radius 1 is 0.967 bits per heavy atom. The van der Waals surface area contributed by atoms with E-state index in [1.165, 1.54) is 16.7 Å². The monoisotopic (exact) mass is 398 g/mol. The van der Waals surface area contributed by atoms with Gasteiger partial charge in [-0.05, 0) is 37.1 Å². The van der Waals surface area contributed by atoms with Crippen molar-refractivity contribution in [2.75, 3.05) is 24.5 Å². The minimum absolute atomic E-state index is 0.0756. The normalized spacial score (nSPS) is 22.9. The van der Waals surface area contributed by atoms with Gasteiger partial charge in [-0.3, -0.25) is 9.78 Å². The summed E-state index contributed by atoms with van der Waals surface area (Å²) in [6, 6.07) is 16.5. The van der Waals surface area contributed by atoms with Crippen LogP contribution in [0.2, 0.25) is 0 Å². The van der Waals surface area contributed by atoms with Gasteiger partial charge in [0, 0.05) is 49.4 Å². The predicted molar refractivity (Wildman–Crippen MR) is 117 cm³/mol. The van der Waals surface area contributed by atoms with Crippen LogP contribution in [0.1, 0.15) is 33.1 Å². The SMILES string of the molecule is Cc1ccc(C(=O)N2C[C@@H]3CN(c4cnccn4)C[C@@H]3[C@H]2c2ccccc2C)cc1. The molecule has 5 heteroatoms. The van der Waals surface area contributed by atoms with Crippen LogP contribution in [0.4, 0.5) is 5.82 Å². The Hall–Kier alpha value is -3.21. The largest absolute Gasteiger partial charge is 0.355 e. The van der Waals surface area contributed by atoms with Crippen LogP contribution in [0.25, 0.3) is 0 Å². The maximum Gasteiger partial charge on any atom is 0.254 e. The van der Waals surface area contributed by atoms with Crippen molar-refractivity contribution in [2.45, 2.75) is 19.9 Å². The van der Waals surface area contributed by atoms with E-state index in [1.807, 2.05) is 37.4 Å². The molecule has 0 radical (unpaired) electrons. The number of carbonyl (C=O) groups excluding carboxylic acids is 1. The van der Waals surface area contributed by atoms with Crippen molar-refractivity contribution in [3.8, 4) is 0 Å². The summed E-state index contributed by atoms with van der Waals surface area (Å²) in [5, 5.41) is 0. The van der Waals surface area contributed by atoms with Gasteiger partial charge in [-0.2, -0.15) is 0 Å². The first kappa shape index (κ1) is 18.8. The van der Waals surface area contributed by atoms with Crippen molar-refractivity contribution >= 4 is 11.7 Å². The maximum absolute atomic E-state index is 13.5. The molecule has 2 fully saturated rings. The summed E-state index contributed by atoms with van der Waals surface area (Å²) in [5.74, 6) is 1.85. The van der Waals surface area contributed by atoms with Gasteiger partial charge in [-0.15, -0.1) is 0 Å². The average Bonchev–Trinajstić information content (AvgIpc) is 3.33. The molecular weight excluding hydrogens is 372 g/mol. The van der Waals surface area contributed by atoms with Gasteiger partial charge in [0.1, 0.15) is 5.82 Å². The number of rotatable bonds is 3. The van der Waals surface area contributed by atoms with Crippen LogP contribution in [-0.4, -0.2) is 40.4 Å². The highest BCUT2D eigenvalue weighted by Crippen LogP contribution is 2.46. The zero-order valence-electron chi connectivity index (χ0n) is 17.4. The fourth-order valence-electron chi connectivity index (χ4n) is 5.07. The van der Waals surface area contributed by atoms with Crippen molar-refractivity contribution in [1.82, 2.24) is 14.9 Å². The Balaban J connectivity index is 1.49. The summed E-state index contributed by atoms with van der Waals surface area (Å²) in [7, 11) is 0. The summed E-state index contributed by atoms with van der Waals surface area (Å²) >= 11 is 0. The molecule has 0 saturated carbocycles. The fraction of sp³-hybridized carbons (Fsp3) is 0.320. The van der Waals surface area contributed by atoms with Crippen LogP contribution < -0.4 is 4.90 Å². The quantitative estimate of drug-likeness (QED) is 0.668. The number of hydrogen-bond acceptors (Lipinski definition) is 4. The number of benzene rings is 2. The molecule has 5 rings (SSSR count). The molecule has 152 valence electrons. The Morgan fingerprint density at radius 2 is 1.77 bits per heavy atom. The number of carbonyl (C=O) groups is 1. The van der Waals surface area contributed by atoms with Gasteiger partial charge in [0.25, 0.3) is 5.91 Å². The molecule has 0 N–H and O–H groups in total. The summed E-state index contributed by atoms with van der Waals surface area (Å²) in [4.78, 5) is 26.7. The van der Waals surface area contributed by atoms with E-state index >= 15 is 0 Å². The first-order valence-corrected chi connectivity index (χ1v) is 10.6. The number of amides is 1. The van der Waals surface area contributed by atoms with Crippen molar-refractivity contribution in [1.29, 1.82) is 0 Å². The Bertz CT molecular complexity index is 1050. The minimum atomic E-state index is 0.0756. The standard InChI is InChI=1S/C25H26N4O/c1-17-7-9-19(10-8-17)25(30)29-15-20-14-28(23-13-26-11-12-27-23)16-22(20)24(29)21-6-4-3-5-18(21)2/h3-13,20,22,24H,14-16H2,1-2H3/t20-,22-,24+/m0/s1. The first-order valence-electron chi connectivity index (χ1n) is 10.6. The van der Waals surface area contributed by atoms with E-state index in [9.17, 15) is 4.79 Å².